The van der Waals surface area contributed by atoms with E-state index in [1.165, 1.54) is 36.6 Å². The number of carbonyl (C=O) groups is 4. The number of sulfonamides is 1. The highest BCUT2D eigenvalue weighted by Gasteiger charge is 2.44. The number of furan rings is 1. The third kappa shape index (κ3) is 5.28. The smallest absolute Gasteiger partial charge is 0.326 e. The lowest BCUT2D eigenvalue weighted by Gasteiger charge is -2.22. The summed E-state index contributed by atoms with van der Waals surface area (Å²) < 4.78 is 32.5. The Morgan fingerprint density at radius 3 is 2.39 bits per heavy atom. The van der Waals surface area contributed by atoms with Gasteiger partial charge in [0.15, 0.2) is 0 Å². The number of fused-ring (bicyclic) bond motifs is 1. The minimum Gasteiger partial charge on any atom is -0.480 e. The number of carboxylic acids is 1. The highest BCUT2D eigenvalue weighted by molar-refractivity contribution is 7.91. The van der Waals surface area contributed by atoms with Crippen LogP contribution in [0, 0.1) is 0 Å². The largest absolute Gasteiger partial charge is 0.480 e. The van der Waals surface area contributed by atoms with Crippen molar-refractivity contribution in [3.63, 3.8) is 0 Å². The molecule has 0 spiro atoms. The van der Waals surface area contributed by atoms with Crippen LogP contribution in [-0.4, -0.2) is 48.2 Å². The molecule has 4 rings (SSSR count). The van der Waals surface area contributed by atoms with Gasteiger partial charge in [-0.3, -0.25) is 24.0 Å². The Bertz CT molecular complexity index is 1420. The molecule has 3 N–H and O–H groups in total. The van der Waals surface area contributed by atoms with E-state index < -0.39 is 45.5 Å². The van der Waals surface area contributed by atoms with Gasteiger partial charge in [-0.05, 0) is 42.8 Å². The summed E-state index contributed by atoms with van der Waals surface area (Å²) in [5, 5.41) is 12.4. The molecule has 36 heavy (non-hydrogen) atoms. The summed E-state index contributed by atoms with van der Waals surface area (Å²) in [7, 11) is -4.02. The standard InChI is InChI=1S/C24H21N3O8S/c28-20(25-15-6-2-1-3-7-15)12-11-19(24(31)32)27-22(29)17-9-4-10-18(21(17)23(27)30)26-36(33,34)14-16-8-5-13-35-16/h1-10,13,19,26H,11-12,14H2,(H,25,28)(H,31,32). The average molecular weight is 512 g/mol. The van der Waals surface area contributed by atoms with Crippen molar-refractivity contribution in [2.75, 3.05) is 10.0 Å². The molecule has 1 aliphatic heterocycles. The molecule has 0 saturated carbocycles. The van der Waals surface area contributed by atoms with Crippen molar-refractivity contribution < 1.29 is 37.1 Å². The Labute approximate surface area is 205 Å². The van der Waals surface area contributed by atoms with Crippen molar-refractivity contribution >= 4 is 45.1 Å². The molecular formula is C24H21N3O8S. The minimum atomic E-state index is -4.02. The highest BCUT2D eigenvalue weighted by Crippen LogP contribution is 2.32. The zero-order valence-electron chi connectivity index (χ0n) is 18.7. The van der Waals surface area contributed by atoms with Gasteiger partial charge in [0, 0.05) is 12.1 Å². The molecule has 0 fully saturated rings. The Kier molecular flexibility index (Phi) is 6.88. The second-order valence-electron chi connectivity index (χ2n) is 7.96. The lowest BCUT2D eigenvalue weighted by molar-refractivity contribution is -0.141. The van der Waals surface area contributed by atoms with Crippen molar-refractivity contribution in [3.05, 3.63) is 83.8 Å². The van der Waals surface area contributed by atoms with E-state index in [-0.39, 0.29) is 35.4 Å². The number of hydrogen-bond acceptors (Lipinski definition) is 7. The molecule has 12 heteroatoms. The average Bonchev–Trinajstić information content (AvgIpc) is 3.41. The number of para-hydroxylation sites is 1. The molecule has 1 aromatic heterocycles. The van der Waals surface area contributed by atoms with Crippen LogP contribution in [0.4, 0.5) is 11.4 Å². The van der Waals surface area contributed by atoms with Gasteiger partial charge in [0.25, 0.3) is 11.8 Å². The lowest BCUT2D eigenvalue weighted by Crippen LogP contribution is -2.45. The SMILES string of the molecule is O=C(CCC(C(=O)O)N1C(=O)c2cccc(NS(=O)(=O)Cc3ccco3)c2C1=O)Nc1ccccc1. The summed E-state index contributed by atoms with van der Waals surface area (Å²) >= 11 is 0. The first kappa shape index (κ1) is 24.7. The minimum absolute atomic E-state index is 0.141. The molecule has 0 aliphatic carbocycles. The summed E-state index contributed by atoms with van der Waals surface area (Å²) in [4.78, 5) is 51.1. The zero-order valence-corrected chi connectivity index (χ0v) is 19.5. The first-order valence-electron chi connectivity index (χ1n) is 10.8. The number of carbonyl (C=O) groups excluding carboxylic acids is 3. The molecule has 2 heterocycles. The van der Waals surface area contributed by atoms with Crippen LogP contribution in [0.5, 0.6) is 0 Å². The van der Waals surface area contributed by atoms with Crippen molar-refractivity contribution in [2.24, 2.45) is 0 Å². The quantitative estimate of drug-likeness (QED) is 0.350. The van der Waals surface area contributed by atoms with E-state index in [1.54, 1.807) is 30.3 Å². The van der Waals surface area contributed by atoms with Crippen molar-refractivity contribution in [1.29, 1.82) is 0 Å². The number of benzene rings is 2. The van der Waals surface area contributed by atoms with E-state index in [2.05, 4.69) is 10.0 Å². The van der Waals surface area contributed by atoms with Crippen LogP contribution in [0.2, 0.25) is 0 Å². The number of amides is 3. The molecule has 11 nitrogen and oxygen atoms in total. The van der Waals surface area contributed by atoms with Crippen LogP contribution in [0.15, 0.2) is 71.3 Å². The van der Waals surface area contributed by atoms with E-state index in [0.717, 1.165) is 0 Å². The normalized spacial score (nSPS) is 13.8. The number of carboxylic acid groups (broad SMARTS) is 1. The van der Waals surface area contributed by atoms with Gasteiger partial charge >= 0.3 is 5.97 Å². The Balaban J connectivity index is 1.52. The topological polar surface area (TPSA) is 163 Å². The number of imide groups is 1. The number of rotatable bonds is 10. The molecule has 1 unspecified atom stereocenters. The van der Waals surface area contributed by atoms with E-state index in [9.17, 15) is 32.7 Å². The van der Waals surface area contributed by atoms with Gasteiger partial charge in [-0.1, -0.05) is 24.3 Å². The maximum atomic E-state index is 13.2. The van der Waals surface area contributed by atoms with Crippen LogP contribution < -0.4 is 10.0 Å². The summed E-state index contributed by atoms with van der Waals surface area (Å²) in [5.74, 6) is -4.17. The summed E-state index contributed by atoms with van der Waals surface area (Å²) in [6.07, 6.45) is 0.707. The van der Waals surface area contributed by atoms with Gasteiger partial charge in [0.2, 0.25) is 15.9 Å². The Morgan fingerprint density at radius 1 is 0.972 bits per heavy atom. The molecule has 0 saturated heterocycles. The number of anilines is 2. The fraction of sp³-hybridized carbons (Fsp3) is 0.167. The van der Waals surface area contributed by atoms with Crippen LogP contribution in [0.1, 0.15) is 39.3 Å². The first-order chi connectivity index (χ1) is 17.2. The van der Waals surface area contributed by atoms with Gasteiger partial charge in [-0.15, -0.1) is 0 Å². The van der Waals surface area contributed by atoms with Gasteiger partial charge in [0.05, 0.1) is 23.1 Å². The van der Waals surface area contributed by atoms with E-state index in [0.29, 0.717) is 10.6 Å². The second kappa shape index (κ2) is 10.0. The maximum absolute atomic E-state index is 13.2. The van der Waals surface area contributed by atoms with Crippen molar-refractivity contribution in [1.82, 2.24) is 4.90 Å². The monoisotopic (exact) mass is 511 g/mol. The van der Waals surface area contributed by atoms with Crippen molar-refractivity contribution in [3.8, 4) is 0 Å². The number of aliphatic carboxylic acids is 1. The Hall–Kier alpha value is -4.45. The van der Waals surface area contributed by atoms with Gasteiger partial charge in [0.1, 0.15) is 17.6 Å². The second-order valence-corrected chi connectivity index (χ2v) is 9.68. The molecule has 186 valence electrons. The number of nitrogens with zero attached hydrogens (tertiary/aromatic N) is 1. The first-order valence-corrected chi connectivity index (χ1v) is 12.4. The van der Waals surface area contributed by atoms with Crippen molar-refractivity contribution in [2.45, 2.75) is 24.6 Å². The molecule has 3 aromatic rings. The fourth-order valence-electron chi connectivity index (χ4n) is 3.83. The third-order valence-electron chi connectivity index (χ3n) is 5.42. The van der Waals surface area contributed by atoms with E-state index in [4.69, 9.17) is 4.42 Å². The highest BCUT2D eigenvalue weighted by atomic mass is 32.2. The summed E-state index contributed by atoms with van der Waals surface area (Å²) in [6, 6.07) is 13.9. The Morgan fingerprint density at radius 2 is 1.72 bits per heavy atom. The van der Waals surface area contributed by atoms with Gasteiger partial charge in [-0.25, -0.2) is 13.2 Å². The van der Waals surface area contributed by atoms with Gasteiger partial charge < -0.3 is 14.8 Å². The lowest BCUT2D eigenvalue weighted by atomic mass is 10.1. The fourth-order valence-corrected chi connectivity index (χ4v) is 4.95. The zero-order chi connectivity index (χ0) is 25.9. The number of hydrogen-bond donors (Lipinski definition) is 3. The molecule has 0 radical (unpaired) electrons. The predicted molar refractivity (Wildman–Crippen MR) is 128 cm³/mol. The summed E-state index contributed by atoms with van der Waals surface area (Å²) in [6.45, 7) is 0. The van der Waals surface area contributed by atoms with E-state index in [1.807, 2.05) is 0 Å². The molecule has 1 atom stereocenters. The number of nitrogens with one attached hydrogen (secondary N) is 2. The molecular weight excluding hydrogens is 490 g/mol. The maximum Gasteiger partial charge on any atom is 0.326 e. The molecule has 0 bridgehead atoms. The molecule has 2 aromatic carbocycles. The van der Waals surface area contributed by atoms with Crippen LogP contribution >= 0.6 is 0 Å². The van der Waals surface area contributed by atoms with Crippen LogP contribution in [0.3, 0.4) is 0 Å². The van der Waals surface area contributed by atoms with Gasteiger partial charge in [-0.2, -0.15) is 0 Å². The summed E-state index contributed by atoms with van der Waals surface area (Å²) in [5.41, 5.74) is -0.0452. The van der Waals surface area contributed by atoms with E-state index >= 15 is 0 Å². The van der Waals surface area contributed by atoms with Crippen LogP contribution in [-0.2, 0) is 25.4 Å². The molecule has 1 aliphatic rings. The van der Waals surface area contributed by atoms with Crippen LogP contribution in [0.25, 0.3) is 0 Å². The third-order valence-corrected chi connectivity index (χ3v) is 6.62. The molecule has 3 amide bonds. The predicted octanol–water partition coefficient (Wildman–Crippen LogP) is 2.69.